The lowest BCUT2D eigenvalue weighted by atomic mass is 10.2. The summed E-state index contributed by atoms with van der Waals surface area (Å²) >= 11 is 0. The van der Waals surface area contributed by atoms with Crippen molar-refractivity contribution in [3.8, 4) is 11.8 Å². The van der Waals surface area contributed by atoms with Crippen molar-refractivity contribution in [1.82, 2.24) is 19.9 Å². The van der Waals surface area contributed by atoms with Crippen molar-refractivity contribution >= 4 is 17.3 Å². The van der Waals surface area contributed by atoms with Crippen LogP contribution in [-0.4, -0.2) is 32.8 Å². The lowest BCUT2D eigenvalue weighted by Crippen LogP contribution is -2.32. The number of nitrogens with zero attached hydrogens (tertiary/aromatic N) is 3. The summed E-state index contributed by atoms with van der Waals surface area (Å²) in [7, 11) is 1.90. The fourth-order valence-corrected chi connectivity index (χ4v) is 1.79. The van der Waals surface area contributed by atoms with Crippen LogP contribution in [-0.2, 0) is 11.8 Å². The van der Waals surface area contributed by atoms with Crippen LogP contribution in [0.3, 0.4) is 0 Å². The van der Waals surface area contributed by atoms with Gasteiger partial charge in [-0.3, -0.25) is 0 Å². The summed E-state index contributed by atoms with van der Waals surface area (Å²) in [6.07, 6.45) is 3.56. The van der Waals surface area contributed by atoms with E-state index in [4.69, 9.17) is 4.74 Å². The Hall–Kier alpha value is -2.55. The van der Waals surface area contributed by atoms with Gasteiger partial charge in [0.15, 0.2) is 5.65 Å². The van der Waals surface area contributed by atoms with Crippen LogP contribution in [0, 0.1) is 11.8 Å². The van der Waals surface area contributed by atoms with Crippen LogP contribution < -0.4 is 5.32 Å². The molecule has 2 rings (SSSR count). The van der Waals surface area contributed by atoms with E-state index in [2.05, 4.69) is 27.1 Å². The van der Waals surface area contributed by atoms with Gasteiger partial charge in [0.05, 0.1) is 6.33 Å². The van der Waals surface area contributed by atoms with E-state index in [1.165, 1.54) is 0 Å². The van der Waals surface area contributed by atoms with Crippen molar-refractivity contribution < 1.29 is 9.53 Å². The van der Waals surface area contributed by atoms with Crippen molar-refractivity contribution in [1.29, 1.82) is 0 Å². The van der Waals surface area contributed by atoms with E-state index in [1.807, 2.05) is 38.5 Å². The molecule has 6 heteroatoms. The van der Waals surface area contributed by atoms with Crippen molar-refractivity contribution in [3.05, 3.63) is 24.2 Å². The van der Waals surface area contributed by atoms with Crippen LogP contribution in [0.2, 0.25) is 0 Å². The molecular formula is C16H20N4O2. The Kier molecular flexibility index (Phi) is 4.66. The smallest absolute Gasteiger partial charge is 0.407 e. The Morgan fingerprint density at radius 1 is 1.41 bits per heavy atom. The monoisotopic (exact) mass is 300 g/mol. The van der Waals surface area contributed by atoms with Crippen LogP contribution in [0.5, 0.6) is 0 Å². The van der Waals surface area contributed by atoms with E-state index >= 15 is 0 Å². The Morgan fingerprint density at radius 3 is 2.91 bits per heavy atom. The predicted octanol–water partition coefficient (Wildman–Crippen LogP) is 2.23. The summed E-state index contributed by atoms with van der Waals surface area (Å²) in [6.45, 7) is 5.93. The molecule has 0 bridgehead atoms. The third kappa shape index (κ3) is 4.48. The maximum atomic E-state index is 11.4. The molecule has 0 aliphatic heterocycles. The first-order valence-electron chi connectivity index (χ1n) is 7.08. The number of fused-ring (bicyclic) bond motifs is 1. The number of carbonyl (C=O) groups is 1. The van der Waals surface area contributed by atoms with Gasteiger partial charge in [-0.2, -0.15) is 0 Å². The minimum atomic E-state index is -0.487. The topological polar surface area (TPSA) is 69.0 Å². The van der Waals surface area contributed by atoms with Crippen molar-refractivity contribution in [2.24, 2.45) is 7.05 Å². The summed E-state index contributed by atoms with van der Waals surface area (Å²) in [5, 5.41) is 2.66. The molecule has 0 aliphatic carbocycles. The number of pyridine rings is 1. The van der Waals surface area contributed by atoms with Crippen molar-refractivity contribution in [2.75, 3.05) is 6.54 Å². The average molecular weight is 300 g/mol. The van der Waals surface area contributed by atoms with E-state index in [-0.39, 0.29) is 0 Å². The maximum absolute atomic E-state index is 11.4. The molecule has 6 nitrogen and oxygen atoms in total. The number of aryl methyl sites for hydroxylation is 1. The van der Waals surface area contributed by atoms with Gasteiger partial charge in [0.1, 0.15) is 11.1 Å². The molecule has 0 saturated carbocycles. The molecular weight excluding hydrogens is 280 g/mol. The second-order valence-corrected chi connectivity index (χ2v) is 5.90. The van der Waals surface area contributed by atoms with Crippen LogP contribution >= 0.6 is 0 Å². The van der Waals surface area contributed by atoms with E-state index in [1.54, 1.807) is 12.5 Å². The molecule has 0 aromatic carbocycles. The first kappa shape index (κ1) is 15.8. The van der Waals surface area contributed by atoms with Gasteiger partial charge in [-0.1, -0.05) is 11.8 Å². The first-order chi connectivity index (χ1) is 10.3. The van der Waals surface area contributed by atoms with Gasteiger partial charge in [0, 0.05) is 31.8 Å². The average Bonchev–Trinajstić information content (AvgIpc) is 2.77. The highest BCUT2D eigenvalue weighted by Crippen LogP contribution is 2.09. The standard InChI is InChI=1S/C16H20N4O2/c1-16(2,3)22-15(21)17-8-6-5-7-12-9-13-14(18-10-12)20(4)11-19-13/h9-11H,6,8H2,1-4H3,(H,17,21). The summed E-state index contributed by atoms with van der Waals surface area (Å²) in [5.41, 5.74) is 1.97. The van der Waals surface area contributed by atoms with Crippen molar-refractivity contribution in [3.63, 3.8) is 0 Å². The fourth-order valence-electron chi connectivity index (χ4n) is 1.79. The van der Waals surface area contributed by atoms with Gasteiger partial charge < -0.3 is 14.6 Å². The van der Waals surface area contributed by atoms with Gasteiger partial charge in [0.25, 0.3) is 0 Å². The molecule has 2 heterocycles. The zero-order valence-corrected chi connectivity index (χ0v) is 13.3. The quantitative estimate of drug-likeness (QED) is 0.682. The molecule has 0 fully saturated rings. The second-order valence-electron chi connectivity index (χ2n) is 5.90. The molecule has 1 amide bonds. The van der Waals surface area contributed by atoms with Crippen LogP contribution in [0.4, 0.5) is 4.79 Å². The van der Waals surface area contributed by atoms with Crippen LogP contribution in [0.1, 0.15) is 32.8 Å². The number of amides is 1. The summed E-state index contributed by atoms with van der Waals surface area (Å²) in [6, 6.07) is 1.90. The number of nitrogens with one attached hydrogen (secondary N) is 1. The number of ether oxygens (including phenoxy) is 1. The fraction of sp³-hybridized carbons (Fsp3) is 0.438. The minimum absolute atomic E-state index is 0.425. The maximum Gasteiger partial charge on any atom is 0.407 e. The zero-order valence-electron chi connectivity index (χ0n) is 13.3. The third-order valence-corrected chi connectivity index (χ3v) is 2.70. The highest BCUT2D eigenvalue weighted by molar-refractivity contribution is 5.72. The van der Waals surface area contributed by atoms with E-state index in [0.717, 1.165) is 16.7 Å². The van der Waals surface area contributed by atoms with Gasteiger partial charge in [-0.25, -0.2) is 14.8 Å². The van der Waals surface area contributed by atoms with E-state index in [9.17, 15) is 4.79 Å². The number of hydrogen-bond donors (Lipinski definition) is 1. The van der Waals surface area contributed by atoms with Gasteiger partial charge >= 0.3 is 6.09 Å². The molecule has 0 aliphatic rings. The number of carbonyl (C=O) groups excluding carboxylic acids is 1. The lowest BCUT2D eigenvalue weighted by Gasteiger charge is -2.19. The van der Waals surface area contributed by atoms with Crippen LogP contribution in [0.25, 0.3) is 11.2 Å². The molecule has 116 valence electrons. The summed E-state index contributed by atoms with van der Waals surface area (Å²) in [5.74, 6) is 6.01. The summed E-state index contributed by atoms with van der Waals surface area (Å²) < 4.78 is 6.99. The molecule has 22 heavy (non-hydrogen) atoms. The number of rotatable bonds is 2. The third-order valence-electron chi connectivity index (χ3n) is 2.70. The van der Waals surface area contributed by atoms with Gasteiger partial charge in [-0.05, 0) is 26.8 Å². The Labute approximate surface area is 129 Å². The van der Waals surface area contributed by atoms with Crippen LogP contribution in [0.15, 0.2) is 18.6 Å². The largest absolute Gasteiger partial charge is 0.444 e. The SMILES string of the molecule is Cn1cnc2cc(C#CCCNC(=O)OC(C)(C)C)cnc21. The van der Waals surface area contributed by atoms with Crippen molar-refractivity contribution in [2.45, 2.75) is 32.8 Å². The molecule has 2 aromatic rings. The highest BCUT2D eigenvalue weighted by atomic mass is 16.6. The molecule has 0 radical (unpaired) electrons. The zero-order chi connectivity index (χ0) is 16.2. The molecule has 1 N–H and O–H groups in total. The minimum Gasteiger partial charge on any atom is -0.444 e. The number of hydrogen-bond acceptors (Lipinski definition) is 4. The Morgan fingerprint density at radius 2 is 2.18 bits per heavy atom. The van der Waals surface area contributed by atoms with E-state index < -0.39 is 11.7 Å². The Balaban J connectivity index is 1.84. The first-order valence-corrected chi connectivity index (χ1v) is 7.08. The normalized spacial score (nSPS) is 10.9. The van der Waals surface area contributed by atoms with E-state index in [0.29, 0.717) is 13.0 Å². The van der Waals surface area contributed by atoms with Gasteiger partial charge in [-0.15, -0.1) is 0 Å². The second kappa shape index (κ2) is 6.48. The number of aromatic nitrogens is 3. The summed E-state index contributed by atoms with van der Waals surface area (Å²) in [4.78, 5) is 20.0. The van der Waals surface area contributed by atoms with Gasteiger partial charge in [0.2, 0.25) is 0 Å². The molecule has 0 spiro atoms. The molecule has 0 atom stereocenters. The molecule has 2 aromatic heterocycles. The lowest BCUT2D eigenvalue weighted by molar-refractivity contribution is 0.0529. The highest BCUT2D eigenvalue weighted by Gasteiger charge is 2.15. The number of imidazole rings is 1. The number of alkyl carbamates (subject to hydrolysis) is 1. The molecule has 0 unspecified atom stereocenters. The molecule has 0 saturated heterocycles. The predicted molar refractivity (Wildman–Crippen MR) is 84.2 cm³/mol. The Bertz CT molecular complexity index is 732.